The molecule has 2 aromatic carbocycles. The molecule has 0 atom stereocenters. The molecule has 0 unspecified atom stereocenters. The van der Waals surface area contributed by atoms with Crippen molar-refractivity contribution in [3.63, 3.8) is 0 Å². The smallest absolute Gasteiger partial charge is 0.387 e. The van der Waals surface area contributed by atoms with Gasteiger partial charge in [0.25, 0.3) is 0 Å². The number of aldehydes is 1. The molecule has 1 fully saturated rings. The number of amides is 1. The van der Waals surface area contributed by atoms with Crippen molar-refractivity contribution in [1.82, 2.24) is 0 Å². The largest absolute Gasteiger partial charge is 0.434 e. The van der Waals surface area contributed by atoms with Crippen LogP contribution in [0.5, 0.6) is 5.75 Å². The second-order valence-electron chi connectivity index (χ2n) is 5.65. The average Bonchev–Trinajstić information content (AvgIpc) is 3.37. The van der Waals surface area contributed by atoms with E-state index in [1.165, 1.54) is 18.2 Å². The number of hydrogen-bond donors (Lipinski definition) is 1. The number of halogens is 2. The lowest BCUT2D eigenvalue weighted by molar-refractivity contribution is -0.118. The maximum atomic E-state index is 12.6. The van der Waals surface area contributed by atoms with E-state index in [4.69, 9.17) is 0 Å². The Kier molecular flexibility index (Phi) is 4.29. The van der Waals surface area contributed by atoms with Crippen LogP contribution in [0, 0.1) is 0 Å². The highest BCUT2D eigenvalue weighted by atomic mass is 19.3. The maximum absolute atomic E-state index is 12.6. The summed E-state index contributed by atoms with van der Waals surface area (Å²) in [6.45, 7) is -3.05. The third-order valence-corrected chi connectivity index (χ3v) is 4.13. The number of carbonyl (C=O) groups is 2. The summed E-state index contributed by atoms with van der Waals surface area (Å²) in [5.41, 5.74) is 0.658. The Balaban J connectivity index is 1.81. The van der Waals surface area contributed by atoms with E-state index in [1.807, 2.05) is 30.3 Å². The van der Waals surface area contributed by atoms with Crippen LogP contribution in [0.1, 0.15) is 28.8 Å². The number of alkyl halides is 2. The number of anilines is 1. The molecule has 1 N–H and O–H groups in total. The Bertz CT molecular complexity index is 758. The predicted octanol–water partition coefficient (Wildman–Crippen LogP) is 3.77. The number of hydrogen-bond acceptors (Lipinski definition) is 3. The number of rotatable bonds is 6. The van der Waals surface area contributed by atoms with Crippen molar-refractivity contribution in [2.24, 2.45) is 0 Å². The van der Waals surface area contributed by atoms with Gasteiger partial charge in [0.1, 0.15) is 5.75 Å². The van der Waals surface area contributed by atoms with Gasteiger partial charge >= 0.3 is 6.61 Å². The van der Waals surface area contributed by atoms with Gasteiger partial charge in [0.2, 0.25) is 5.91 Å². The van der Waals surface area contributed by atoms with Gasteiger partial charge in [0.05, 0.1) is 11.0 Å². The minimum Gasteiger partial charge on any atom is -0.434 e. The molecule has 0 bridgehead atoms. The summed E-state index contributed by atoms with van der Waals surface area (Å²) in [5, 5.41) is 2.73. The lowest BCUT2D eigenvalue weighted by atomic mass is 9.95. The van der Waals surface area contributed by atoms with E-state index in [0.29, 0.717) is 12.0 Å². The van der Waals surface area contributed by atoms with Crippen molar-refractivity contribution in [1.29, 1.82) is 0 Å². The van der Waals surface area contributed by atoms with E-state index >= 15 is 0 Å². The zero-order chi connectivity index (χ0) is 17.2. The first-order valence-corrected chi connectivity index (χ1v) is 7.46. The molecule has 0 saturated heterocycles. The van der Waals surface area contributed by atoms with E-state index < -0.39 is 12.0 Å². The standard InChI is InChI=1S/C18H15F2NO3/c19-17(20)24-15-10-14(7-6-12(15)11-22)21-16(23)18(8-9-18)13-4-2-1-3-5-13/h1-7,10-11,17H,8-9H2,(H,21,23). The van der Waals surface area contributed by atoms with Gasteiger partial charge in [0, 0.05) is 11.8 Å². The third-order valence-electron chi connectivity index (χ3n) is 4.13. The summed E-state index contributed by atoms with van der Waals surface area (Å²) in [4.78, 5) is 23.5. The molecular weight excluding hydrogens is 316 g/mol. The SMILES string of the molecule is O=Cc1ccc(NC(=O)C2(c3ccccc3)CC2)cc1OC(F)F. The molecule has 0 heterocycles. The van der Waals surface area contributed by atoms with Crippen LogP contribution in [-0.2, 0) is 10.2 Å². The molecule has 2 aromatic rings. The van der Waals surface area contributed by atoms with Gasteiger partial charge < -0.3 is 10.1 Å². The molecule has 4 nitrogen and oxygen atoms in total. The van der Waals surface area contributed by atoms with Crippen molar-refractivity contribution in [3.05, 3.63) is 59.7 Å². The quantitative estimate of drug-likeness (QED) is 0.820. The van der Waals surface area contributed by atoms with Gasteiger partial charge in [-0.15, -0.1) is 0 Å². The van der Waals surface area contributed by atoms with Gasteiger partial charge in [-0.2, -0.15) is 8.78 Å². The van der Waals surface area contributed by atoms with Crippen LogP contribution in [0.2, 0.25) is 0 Å². The second-order valence-corrected chi connectivity index (χ2v) is 5.65. The Morgan fingerprint density at radius 1 is 1.17 bits per heavy atom. The van der Waals surface area contributed by atoms with Crippen molar-refractivity contribution in [2.45, 2.75) is 24.9 Å². The minimum atomic E-state index is -3.05. The predicted molar refractivity (Wildman–Crippen MR) is 84.4 cm³/mol. The summed E-state index contributed by atoms with van der Waals surface area (Å²) in [5.74, 6) is -0.460. The normalized spacial score (nSPS) is 15.0. The highest BCUT2D eigenvalue weighted by Gasteiger charge is 2.51. The Morgan fingerprint density at radius 2 is 1.88 bits per heavy atom. The molecule has 1 aliphatic carbocycles. The molecule has 0 radical (unpaired) electrons. The second kappa shape index (κ2) is 6.39. The van der Waals surface area contributed by atoms with E-state index in [1.54, 1.807) is 0 Å². The lowest BCUT2D eigenvalue weighted by Gasteiger charge is -2.16. The zero-order valence-electron chi connectivity index (χ0n) is 12.7. The summed E-state index contributed by atoms with van der Waals surface area (Å²) >= 11 is 0. The van der Waals surface area contributed by atoms with E-state index in [9.17, 15) is 18.4 Å². The third kappa shape index (κ3) is 3.13. The van der Waals surface area contributed by atoms with Crippen LogP contribution >= 0.6 is 0 Å². The number of ether oxygens (including phenoxy) is 1. The lowest BCUT2D eigenvalue weighted by Crippen LogP contribution is -2.27. The molecule has 1 saturated carbocycles. The molecule has 1 aliphatic rings. The summed E-state index contributed by atoms with van der Waals surface area (Å²) in [7, 11) is 0. The van der Waals surface area contributed by atoms with Crippen LogP contribution in [-0.4, -0.2) is 18.8 Å². The van der Waals surface area contributed by atoms with Crippen molar-refractivity contribution >= 4 is 17.9 Å². The molecule has 3 rings (SSSR count). The summed E-state index contributed by atoms with van der Waals surface area (Å²) in [6, 6.07) is 13.5. The van der Waals surface area contributed by atoms with Crippen LogP contribution in [0.3, 0.4) is 0 Å². The fraction of sp³-hybridized carbons (Fsp3) is 0.222. The van der Waals surface area contributed by atoms with Crippen molar-refractivity contribution in [3.8, 4) is 5.75 Å². The number of nitrogens with one attached hydrogen (secondary N) is 1. The Hall–Kier alpha value is -2.76. The van der Waals surface area contributed by atoms with E-state index in [-0.39, 0.29) is 17.2 Å². The van der Waals surface area contributed by atoms with Crippen molar-refractivity contribution in [2.75, 3.05) is 5.32 Å². The van der Waals surface area contributed by atoms with E-state index in [2.05, 4.69) is 10.1 Å². The van der Waals surface area contributed by atoms with Crippen LogP contribution in [0.15, 0.2) is 48.5 Å². The minimum absolute atomic E-state index is 0.00232. The van der Waals surface area contributed by atoms with Gasteiger partial charge in [-0.1, -0.05) is 30.3 Å². The molecule has 1 amide bonds. The van der Waals surface area contributed by atoms with Crippen LogP contribution in [0.25, 0.3) is 0 Å². The highest BCUT2D eigenvalue weighted by Crippen LogP contribution is 2.49. The van der Waals surface area contributed by atoms with Crippen LogP contribution < -0.4 is 10.1 Å². The Morgan fingerprint density at radius 3 is 2.46 bits per heavy atom. The average molecular weight is 331 g/mol. The van der Waals surface area contributed by atoms with Crippen molar-refractivity contribution < 1.29 is 23.1 Å². The first-order valence-electron chi connectivity index (χ1n) is 7.46. The summed E-state index contributed by atoms with van der Waals surface area (Å²) in [6.07, 6.45) is 1.89. The molecule has 24 heavy (non-hydrogen) atoms. The van der Waals surface area contributed by atoms with Gasteiger partial charge in [-0.25, -0.2) is 0 Å². The zero-order valence-corrected chi connectivity index (χ0v) is 12.7. The van der Waals surface area contributed by atoms with Gasteiger partial charge in [-0.3, -0.25) is 9.59 Å². The van der Waals surface area contributed by atoms with Crippen LogP contribution in [0.4, 0.5) is 14.5 Å². The fourth-order valence-electron chi connectivity index (χ4n) is 2.69. The van der Waals surface area contributed by atoms with E-state index in [0.717, 1.165) is 18.4 Å². The monoisotopic (exact) mass is 331 g/mol. The molecular formula is C18H15F2NO3. The topological polar surface area (TPSA) is 55.4 Å². The first kappa shape index (κ1) is 16.1. The molecule has 0 spiro atoms. The molecule has 0 aromatic heterocycles. The molecule has 0 aliphatic heterocycles. The number of carbonyl (C=O) groups excluding carboxylic acids is 2. The molecule has 124 valence electrons. The van der Waals surface area contributed by atoms with Gasteiger partial charge in [0.15, 0.2) is 6.29 Å². The molecule has 6 heteroatoms. The number of benzene rings is 2. The summed E-state index contributed by atoms with van der Waals surface area (Å²) < 4.78 is 29.2. The van der Waals surface area contributed by atoms with Gasteiger partial charge in [-0.05, 0) is 30.5 Å². The first-order chi connectivity index (χ1) is 11.5. The maximum Gasteiger partial charge on any atom is 0.387 e. The Labute approximate surface area is 137 Å². The fourth-order valence-corrected chi connectivity index (χ4v) is 2.69. The highest BCUT2D eigenvalue weighted by molar-refractivity contribution is 6.01.